The van der Waals surface area contributed by atoms with Crippen molar-refractivity contribution >= 4 is 10.0 Å². The normalized spacial score (nSPS) is 12.5. The molecule has 6 heteroatoms. The quantitative estimate of drug-likeness (QED) is 0.809. The second-order valence-corrected chi connectivity index (χ2v) is 7.55. The lowest BCUT2D eigenvalue weighted by Gasteiger charge is -2.15. The summed E-state index contributed by atoms with van der Waals surface area (Å²) >= 11 is 0. The van der Waals surface area contributed by atoms with Crippen LogP contribution in [-0.4, -0.2) is 15.5 Å². The molecule has 0 bridgehead atoms. The maximum atomic E-state index is 11.5. The second kappa shape index (κ2) is 8.06. The van der Waals surface area contributed by atoms with E-state index in [9.17, 15) is 8.42 Å². The van der Waals surface area contributed by atoms with E-state index in [0.29, 0.717) is 12.1 Å². The first-order valence-electron chi connectivity index (χ1n) is 7.66. The lowest BCUT2D eigenvalue weighted by molar-refractivity contribution is 0.574. The SMILES string of the molecule is CNS(=O)(=O)Cc1ccc(CNC(C)c2cccc(C#N)c2)cc1. The Balaban J connectivity index is 1.95. The smallest absolute Gasteiger partial charge is 0.215 e. The fourth-order valence-corrected chi connectivity index (χ4v) is 3.09. The molecule has 0 aliphatic heterocycles. The Hall–Kier alpha value is -2.20. The van der Waals surface area contributed by atoms with Gasteiger partial charge in [-0.2, -0.15) is 5.26 Å². The van der Waals surface area contributed by atoms with Crippen LogP contribution in [0.5, 0.6) is 0 Å². The zero-order chi connectivity index (χ0) is 17.6. The molecule has 0 radical (unpaired) electrons. The van der Waals surface area contributed by atoms with Crippen LogP contribution in [0.4, 0.5) is 0 Å². The first-order chi connectivity index (χ1) is 11.4. The Labute approximate surface area is 143 Å². The van der Waals surface area contributed by atoms with Gasteiger partial charge in [0.1, 0.15) is 0 Å². The number of sulfonamides is 1. The van der Waals surface area contributed by atoms with Gasteiger partial charge in [0.15, 0.2) is 0 Å². The van der Waals surface area contributed by atoms with Gasteiger partial charge in [-0.3, -0.25) is 0 Å². The van der Waals surface area contributed by atoms with Crippen molar-refractivity contribution in [3.05, 3.63) is 70.8 Å². The van der Waals surface area contributed by atoms with Crippen molar-refractivity contribution in [3.8, 4) is 6.07 Å². The standard InChI is InChI=1S/C18H21N3O2S/c1-14(18-5-3-4-17(10-18)11-19)21-12-15-6-8-16(9-7-15)13-24(22,23)20-2/h3-10,14,20-21H,12-13H2,1-2H3. The number of rotatable bonds is 7. The van der Waals surface area contributed by atoms with Gasteiger partial charge >= 0.3 is 0 Å². The van der Waals surface area contributed by atoms with Crippen molar-refractivity contribution < 1.29 is 8.42 Å². The Morgan fingerprint density at radius 1 is 1.12 bits per heavy atom. The molecular weight excluding hydrogens is 322 g/mol. The van der Waals surface area contributed by atoms with Gasteiger partial charge in [-0.15, -0.1) is 0 Å². The molecule has 0 saturated heterocycles. The van der Waals surface area contributed by atoms with Crippen LogP contribution < -0.4 is 10.0 Å². The molecule has 2 N–H and O–H groups in total. The molecule has 2 aromatic rings. The first kappa shape index (κ1) is 18.1. The number of hydrogen-bond donors (Lipinski definition) is 2. The van der Waals surface area contributed by atoms with E-state index in [1.165, 1.54) is 7.05 Å². The van der Waals surface area contributed by atoms with E-state index in [-0.39, 0.29) is 11.8 Å². The Morgan fingerprint density at radius 2 is 1.79 bits per heavy atom. The largest absolute Gasteiger partial charge is 0.306 e. The van der Waals surface area contributed by atoms with Gasteiger partial charge in [-0.1, -0.05) is 36.4 Å². The minimum absolute atomic E-state index is 0.0193. The highest BCUT2D eigenvalue weighted by Gasteiger charge is 2.09. The van der Waals surface area contributed by atoms with E-state index in [0.717, 1.165) is 16.7 Å². The summed E-state index contributed by atoms with van der Waals surface area (Å²) in [5, 5.41) is 12.4. The maximum Gasteiger partial charge on any atom is 0.215 e. The second-order valence-electron chi connectivity index (χ2n) is 5.62. The van der Waals surface area contributed by atoms with E-state index in [4.69, 9.17) is 5.26 Å². The van der Waals surface area contributed by atoms with Crippen molar-refractivity contribution in [1.29, 1.82) is 5.26 Å². The summed E-state index contributed by atoms with van der Waals surface area (Å²) in [5.74, 6) is -0.0193. The predicted octanol–water partition coefficient (Wildman–Crippen LogP) is 2.46. The number of benzene rings is 2. The highest BCUT2D eigenvalue weighted by atomic mass is 32.2. The molecule has 1 atom stereocenters. The van der Waals surface area contributed by atoms with Crippen LogP contribution in [0.3, 0.4) is 0 Å². The van der Waals surface area contributed by atoms with Crippen molar-refractivity contribution in [1.82, 2.24) is 10.0 Å². The summed E-state index contributed by atoms with van der Waals surface area (Å²) in [6.07, 6.45) is 0. The van der Waals surface area contributed by atoms with Gasteiger partial charge in [0, 0.05) is 12.6 Å². The third kappa shape index (κ3) is 5.17. The van der Waals surface area contributed by atoms with Crippen molar-refractivity contribution in [3.63, 3.8) is 0 Å². The lowest BCUT2D eigenvalue weighted by atomic mass is 10.1. The zero-order valence-electron chi connectivity index (χ0n) is 13.8. The van der Waals surface area contributed by atoms with E-state index in [1.54, 1.807) is 6.07 Å². The van der Waals surface area contributed by atoms with Crippen LogP contribution in [0.15, 0.2) is 48.5 Å². The summed E-state index contributed by atoms with van der Waals surface area (Å²) in [6.45, 7) is 2.71. The van der Waals surface area contributed by atoms with E-state index >= 15 is 0 Å². The summed E-state index contributed by atoms with van der Waals surface area (Å²) in [7, 11) is -1.83. The van der Waals surface area contributed by atoms with Crippen molar-refractivity contribution in [2.45, 2.75) is 25.3 Å². The monoisotopic (exact) mass is 343 g/mol. The average molecular weight is 343 g/mol. The Morgan fingerprint density at radius 3 is 2.42 bits per heavy atom. The molecule has 0 aromatic heterocycles. The van der Waals surface area contributed by atoms with E-state index in [2.05, 4.69) is 16.1 Å². The number of hydrogen-bond acceptors (Lipinski definition) is 4. The molecule has 126 valence electrons. The summed E-state index contributed by atoms with van der Waals surface area (Å²) in [4.78, 5) is 0. The van der Waals surface area contributed by atoms with Crippen LogP contribution in [0.25, 0.3) is 0 Å². The molecule has 0 saturated carbocycles. The molecule has 5 nitrogen and oxygen atoms in total. The molecule has 0 amide bonds. The third-order valence-electron chi connectivity index (χ3n) is 3.82. The molecule has 0 aliphatic carbocycles. The molecule has 2 rings (SSSR count). The fraction of sp³-hybridized carbons (Fsp3) is 0.278. The Bertz CT molecular complexity index is 824. The minimum Gasteiger partial charge on any atom is -0.306 e. The Kier molecular flexibility index (Phi) is 6.10. The van der Waals surface area contributed by atoms with Gasteiger partial charge in [-0.05, 0) is 42.8 Å². The van der Waals surface area contributed by atoms with Gasteiger partial charge in [0.05, 0.1) is 17.4 Å². The lowest BCUT2D eigenvalue weighted by Crippen LogP contribution is -2.20. The predicted molar refractivity (Wildman–Crippen MR) is 94.5 cm³/mol. The van der Waals surface area contributed by atoms with Gasteiger partial charge in [0.2, 0.25) is 10.0 Å². The summed E-state index contributed by atoms with van der Waals surface area (Å²) < 4.78 is 25.4. The molecule has 0 heterocycles. The molecule has 1 unspecified atom stereocenters. The van der Waals surface area contributed by atoms with Gasteiger partial charge < -0.3 is 5.32 Å². The van der Waals surface area contributed by atoms with Crippen LogP contribution in [0, 0.1) is 11.3 Å². The zero-order valence-corrected chi connectivity index (χ0v) is 14.6. The topological polar surface area (TPSA) is 82.0 Å². The van der Waals surface area contributed by atoms with Crippen molar-refractivity contribution in [2.24, 2.45) is 0 Å². The van der Waals surface area contributed by atoms with Gasteiger partial charge in [0.25, 0.3) is 0 Å². The molecule has 0 fully saturated rings. The highest BCUT2D eigenvalue weighted by molar-refractivity contribution is 7.88. The average Bonchev–Trinajstić information content (AvgIpc) is 2.60. The molecule has 2 aromatic carbocycles. The summed E-state index contributed by atoms with van der Waals surface area (Å²) in [6, 6.07) is 17.3. The molecule has 24 heavy (non-hydrogen) atoms. The van der Waals surface area contributed by atoms with E-state index < -0.39 is 10.0 Å². The van der Waals surface area contributed by atoms with Crippen molar-refractivity contribution in [2.75, 3.05) is 7.05 Å². The van der Waals surface area contributed by atoms with Crippen LogP contribution in [-0.2, 0) is 22.3 Å². The first-order valence-corrected chi connectivity index (χ1v) is 9.31. The number of nitrogens with zero attached hydrogens (tertiary/aromatic N) is 1. The minimum atomic E-state index is -3.25. The fourth-order valence-electron chi connectivity index (χ4n) is 2.31. The summed E-state index contributed by atoms with van der Waals surface area (Å²) in [5.41, 5.74) is 3.54. The molecule has 0 aliphatic rings. The van der Waals surface area contributed by atoms with Gasteiger partial charge in [-0.25, -0.2) is 13.1 Å². The highest BCUT2D eigenvalue weighted by Crippen LogP contribution is 2.15. The van der Waals surface area contributed by atoms with Crippen LogP contribution in [0.2, 0.25) is 0 Å². The van der Waals surface area contributed by atoms with Crippen LogP contribution >= 0.6 is 0 Å². The van der Waals surface area contributed by atoms with Crippen LogP contribution in [0.1, 0.15) is 35.2 Å². The third-order valence-corrected chi connectivity index (χ3v) is 5.15. The number of nitrogens with one attached hydrogen (secondary N) is 2. The maximum absolute atomic E-state index is 11.5. The molecule has 0 spiro atoms. The van der Waals surface area contributed by atoms with E-state index in [1.807, 2.05) is 49.4 Å². The number of nitriles is 1. The molecular formula is C18H21N3O2S.